The first-order valence-electron chi connectivity index (χ1n) is 6.30. The molecule has 17 heavy (non-hydrogen) atoms. The largest absolute Gasteiger partial charge is 0.488 e. The van der Waals surface area contributed by atoms with Crippen LogP contribution in [0.1, 0.15) is 19.4 Å². The Labute approximate surface area is 103 Å². The normalized spacial score (nSPS) is 20.1. The number of hydrogen-bond acceptors (Lipinski definition) is 3. The van der Waals surface area contributed by atoms with Crippen molar-refractivity contribution >= 4 is 0 Å². The van der Waals surface area contributed by atoms with Crippen LogP contribution in [0, 0.1) is 5.92 Å². The standard InChI is InChI=1S/C14H21NO2/c1-10(2)13(16)9-15-8-12-7-11-5-3-4-6-14(11)17-12/h3-6,10,12-13,15-16H,7-9H2,1-2H3. The highest BCUT2D eigenvalue weighted by molar-refractivity contribution is 5.37. The van der Waals surface area contributed by atoms with E-state index >= 15 is 0 Å². The van der Waals surface area contributed by atoms with Crippen molar-refractivity contribution in [3.8, 4) is 5.75 Å². The molecule has 0 amide bonds. The Bertz CT molecular complexity index is 340. The van der Waals surface area contributed by atoms with Crippen molar-refractivity contribution in [2.45, 2.75) is 32.5 Å². The number of fused-ring (bicyclic) bond motifs is 1. The summed E-state index contributed by atoms with van der Waals surface area (Å²) in [6.07, 6.45) is 0.881. The number of aliphatic hydroxyl groups is 1. The third-order valence-electron chi connectivity index (χ3n) is 3.21. The summed E-state index contributed by atoms with van der Waals surface area (Å²) in [4.78, 5) is 0. The molecule has 0 aromatic heterocycles. The van der Waals surface area contributed by atoms with Crippen LogP contribution in [0.3, 0.4) is 0 Å². The minimum absolute atomic E-state index is 0.201. The lowest BCUT2D eigenvalue weighted by atomic mass is 10.1. The molecule has 3 heteroatoms. The molecule has 1 aliphatic rings. The zero-order valence-corrected chi connectivity index (χ0v) is 10.5. The van der Waals surface area contributed by atoms with E-state index in [9.17, 15) is 5.11 Å². The van der Waals surface area contributed by atoms with Gasteiger partial charge in [-0.1, -0.05) is 32.0 Å². The van der Waals surface area contributed by atoms with Gasteiger partial charge in [-0.05, 0) is 17.5 Å². The van der Waals surface area contributed by atoms with Gasteiger partial charge < -0.3 is 15.2 Å². The second-order valence-electron chi connectivity index (χ2n) is 5.02. The minimum atomic E-state index is -0.279. The lowest BCUT2D eigenvalue weighted by molar-refractivity contribution is 0.118. The fourth-order valence-corrected chi connectivity index (χ4v) is 2.00. The zero-order chi connectivity index (χ0) is 12.3. The summed E-state index contributed by atoms with van der Waals surface area (Å²) in [6, 6.07) is 8.16. The predicted octanol–water partition coefficient (Wildman–Crippen LogP) is 1.60. The molecule has 94 valence electrons. The van der Waals surface area contributed by atoms with Gasteiger partial charge in [0.15, 0.2) is 0 Å². The van der Waals surface area contributed by atoms with Gasteiger partial charge in [0, 0.05) is 19.5 Å². The lowest BCUT2D eigenvalue weighted by Crippen LogP contribution is -2.36. The van der Waals surface area contributed by atoms with Gasteiger partial charge in [-0.2, -0.15) is 0 Å². The summed E-state index contributed by atoms with van der Waals surface area (Å²) in [6.45, 7) is 5.47. The molecule has 2 unspecified atom stereocenters. The molecule has 1 aliphatic heterocycles. The Morgan fingerprint density at radius 1 is 1.41 bits per heavy atom. The molecule has 2 atom stereocenters. The number of ether oxygens (including phenoxy) is 1. The Hall–Kier alpha value is -1.06. The molecule has 0 fully saturated rings. The van der Waals surface area contributed by atoms with Gasteiger partial charge >= 0.3 is 0 Å². The predicted molar refractivity (Wildman–Crippen MR) is 68.3 cm³/mol. The van der Waals surface area contributed by atoms with E-state index in [1.54, 1.807) is 0 Å². The van der Waals surface area contributed by atoms with Gasteiger partial charge in [0.1, 0.15) is 11.9 Å². The number of nitrogens with one attached hydrogen (secondary N) is 1. The van der Waals surface area contributed by atoms with Crippen LogP contribution in [0.2, 0.25) is 0 Å². The number of aliphatic hydroxyl groups excluding tert-OH is 1. The molecule has 1 aromatic carbocycles. The summed E-state index contributed by atoms with van der Waals surface area (Å²) in [5, 5.41) is 12.9. The van der Waals surface area contributed by atoms with Crippen LogP contribution in [-0.4, -0.2) is 30.4 Å². The van der Waals surface area contributed by atoms with E-state index in [-0.39, 0.29) is 12.2 Å². The molecule has 1 aromatic rings. The SMILES string of the molecule is CC(C)C(O)CNCC1Cc2ccccc2O1. The van der Waals surface area contributed by atoms with Gasteiger partial charge in [-0.25, -0.2) is 0 Å². The van der Waals surface area contributed by atoms with Crippen molar-refractivity contribution in [3.05, 3.63) is 29.8 Å². The van der Waals surface area contributed by atoms with Crippen molar-refractivity contribution in [3.63, 3.8) is 0 Å². The summed E-state index contributed by atoms with van der Waals surface area (Å²) in [5.41, 5.74) is 1.28. The van der Waals surface area contributed by atoms with Crippen LogP contribution in [0.4, 0.5) is 0 Å². The summed E-state index contributed by atoms with van der Waals surface area (Å²) in [7, 11) is 0. The molecular weight excluding hydrogens is 214 g/mol. The zero-order valence-electron chi connectivity index (χ0n) is 10.5. The molecule has 2 rings (SSSR count). The van der Waals surface area contributed by atoms with Crippen molar-refractivity contribution < 1.29 is 9.84 Å². The van der Waals surface area contributed by atoms with Crippen LogP contribution in [0.25, 0.3) is 0 Å². The van der Waals surface area contributed by atoms with Gasteiger partial charge in [0.2, 0.25) is 0 Å². The first-order valence-corrected chi connectivity index (χ1v) is 6.30. The number of rotatable bonds is 5. The first-order chi connectivity index (χ1) is 8.16. The van der Waals surface area contributed by atoms with Crippen LogP contribution >= 0.6 is 0 Å². The molecule has 0 radical (unpaired) electrons. The van der Waals surface area contributed by atoms with Gasteiger partial charge in [0.25, 0.3) is 0 Å². The molecule has 0 aliphatic carbocycles. The number of hydrogen-bond donors (Lipinski definition) is 2. The fraction of sp³-hybridized carbons (Fsp3) is 0.571. The first kappa shape index (κ1) is 12.4. The quantitative estimate of drug-likeness (QED) is 0.814. The number of para-hydroxylation sites is 1. The van der Waals surface area contributed by atoms with E-state index in [0.29, 0.717) is 12.5 Å². The Morgan fingerprint density at radius 2 is 2.18 bits per heavy atom. The molecule has 0 saturated heterocycles. The molecular formula is C14H21NO2. The fourth-order valence-electron chi connectivity index (χ4n) is 2.00. The molecule has 3 nitrogen and oxygen atoms in total. The van der Waals surface area contributed by atoms with Crippen molar-refractivity contribution in [1.82, 2.24) is 5.32 Å². The van der Waals surface area contributed by atoms with E-state index in [1.165, 1.54) is 5.56 Å². The third kappa shape index (κ3) is 3.20. The molecule has 1 heterocycles. The van der Waals surface area contributed by atoms with E-state index in [1.807, 2.05) is 32.0 Å². The van der Waals surface area contributed by atoms with Crippen LogP contribution < -0.4 is 10.1 Å². The Kier molecular flexibility index (Phi) is 4.02. The van der Waals surface area contributed by atoms with Crippen LogP contribution in [0.15, 0.2) is 24.3 Å². The van der Waals surface area contributed by atoms with Crippen LogP contribution in [-0.2, 0) is 6.42 Å². The maximum Gasteiger partial charge on any atom is 0.123 e. The van der Waals surface area contributed by atoms with Gasteiger partial charge in [0.05, 0.1) is 6.10 Å². The maximum atomic E-state index is 9.67. The highest BCUT2D eigenvalue weighted by Gasteiger charge is 2.22. The molecule has 0 spiro atoms. The maximum absolute atomic E-state index is 9.67. The highest BCUT2D eigenvalue weighted by atomic mass is 16.5. The third-order valence-corrected chi connectivity index (χ3v) is 3.21. The minimum Gasteiger partial charge on any atom is -0.488 e. The monoisotopic (exact) mass is 235 g/mol. The average molecular weight is 235 g/mol. The second kappa shape index (κ2) is 5.52. The van der Waals surface area contributed by atoms with Gasteiger partial charge in [-0.15, -0.1) is 0 Å². The van der Waals surface area contributed by atoms with E-state index in [4.69, 9.17) is 4.74 Å². The van der Waals surface area contributed by atoms with Crippen molar-refractivity contribution in [1.29, 1.82) is 0 Å². The van der Waals surface area contributed by atoms with E-state index in [2.05, 4.69) is 11.4 Å². The van der Waals surface area contributed by atoms with Crippen molar-refractivity contribution in [2.24, 2.45) is 5.92 Å². The Balaban J connectivity index is 1.73. The highest BCUT2D eigenvalue weighted by Crippen LogP contribution is 2.27. The summed E-state index contributed by atoms with van der Waals surface area (Å²) >= 11 is 0. The van der Waals surface area contributed by atoms with Crippen molar-refractivity contribution in [2.75, 3.05) is 13.1 Å². The van der Waals surface area contributed by atoms with E-state index < -0.39 is 0 Å². The average Bonchev–Trinajstić information content (AvgIpc) is 2.71. The summed E-state index contributed by atoms with van der Waals surface area (Å²) in [5.74, 6) is 1.30. The second-order valence-corrected chi connectivity index (χ2v) is 5.02. The summed E-state index contributed by atoms with van der Waals surface area (Å²) < 4.78 is 5.81. The van der Waals surface area contributed by atoms with Gasteiger partial charge in [-0.3, -0.25) is 0 Å². The Morgan fingerprint density at radius 3 is 2.88 bits per heavy atom. The molecule has 0 bridgehead atoms. The topological polar surface area (TPSA) is 41.5 Å². The smallest absolute Gasteiger partial charge is 0.123 e. The van der Waals surface area contributed by atoms with Crippen LogP contribution in [0.5, 0.6) is 5.75 Å². The lowest BCUT2D eigenvalue weighted by Gasteiger charge is -2.17. The van der Waals surface area contributed by atoms with E-state index in [0.717, 1.165) is 18.7 Å². The molecule has 0 saturated carbocycles. The molecule has 2 N–H and O–H groups in total. The number of benzene rings is 1.